The maximum absolute atomic E-state index is 12.3. The molecule has 0 aliphatic carbocycles. The second-order valence-electron chi connectivity index (χ2n) is 9.14. The molecular weight excluding hydrogens is 404 g/mol. The molecule has 1 amide bonds. The van der Waals surface area contributed by atoms with Crippen molar-refractivity contribution in [3.05, 3.63) is 60.2 Å². The van der Waals surface area contributed by atoms with E-state index in [1.807, 2.05) is 47.4 Å². The van der Waals surface area contributed by atoms with Crippen molar-refractivity contribution in [1.82, 2.24) is 9.80 Å². The highest BCUT2D eigenvalue weighted by molar-refractivity contribution is 5.70. The molecule has 1 unspecified atom stereocenters. The zero-order valence-electron chi connectivity index (χ0n) is 18.5. The molecule has 170 valence electrons. The molecule has 2 aromatic carbocycles. The van der Waals surface area contributed by atoms with E-state index in [1.165, 1.54) is 5.56 Å². The van der Waals surface area contributed by atoms with Crippen molar-refractivity contribution in [2.75, 3.05) is 39.4 Å². The third-order valence-electron chi connectivity index (χ3n) is 6.90. The largest absolute Gasteiger partial charge is 0.486 e. The van der Waals surface area contributed by atoms with Crippen LogP contribution in [-0.2, 0) is 11.2 Å². The molecule has 0 saturated carbocycles. The van der Waals surface area contributed by atoms with E-state index in [-0.39, 0.29) is 18.2 Å². The van der Waals surface area contributed by atoms with Gasteiger partial charge >= 0.3 is 6.09 Å². The van der Waals surface area contributed by atoms with Gasteiger partial charge in [-0.3, -0.25) is 4.90 Å². The minimum Gasteiger partial charge on any atom is -0.486 e. The fraction of sp³-hybridized carbons (Fsp3) is 0.500. The molecule has 32 heavy (non-hydrogen) atoms. The summed E-state index contributed by atoms with van der Waals surface area (Å²) in [4.78, 5) is 16.7. The van der Waals surface area contributed by atoms with Gasteiger partial charge in [0.25, 0.3) is 0 Å². The second kappa shape index (κ2) is 9.82. The predicted octanol–water partition coefficient (Wildman–Crippen LogP) is 3.99. The molecular formula is C26H32N2O4. The summed E-state index contributed by atoms with van der Waals surface area (Å²) in [6.07, 6.45) is 4.16. The fourth-order valence-electron chi connectivity index (χ4n) is 5.04. The Balaban J connectivity index is 1.06. The quantitative estimate of drug-likeness (QED) is 0.657. The van der Waals surface area contributed by atoms with Crippen LogP contribution in [0, 0.1) is 5.92 Å². The Morgan fingerprint density at radius 3 is 2.44 bits per heavy atom. The van der Waals surface area contributed by atoms with Gasteiger partial charge in [0.05, 0.1) is 6.04 Å². The molecule has 5 rings (SSSR count). The van der Waals surface area contributed by atoms with Crippen LogP contribution in [0.25, 0.3) is 0 Å². The number of benzene rings is 2. The average molecular weight is 437 g/mol. The lowest BCUT2D eigenvalue weighted by Gasteiger charge is -2.36. The summed E-state index contributed by atoms with van der Waals surface area (Å²) in [6.45, 7) is 4.94. The molecule has 0 radical (unpaired) electrons. The molecule has 2 fully saturated rings. The van der Waals surface area contributed by atoms with Gasteiger partial charge in [-0.2, -0.15) is 0 Å². The van der Waals surface area contributed by atoms with Crippen molar-refractivity contribution >= 4 is 6.09 Å². The zero-order chi connectivity index (χ0) is 21.8. The fourth-order valence-corrected chi connectivity index (χ4v) is 5.04. The Hall–Kier alpha value is -2.73. The number of carbonyl (C=O) groups is 1. The summed E-state index contributed by atoms with van der Waals surface area (Å²) in [5.41, 5.74) is 1.26. The summed E-state index contributed by atoms with van der Waals surface area (Å²) in [5, 5.41) is 0. The Morgan fingerprint density at radius 2 is 1.62 bits per heavy atom. The van der Waals surface area contributed by atoms with E-state index in [0.717, 1.165) is 63.4 Å². The summed E-state index contributed by atoms with van der Waals surface area (Å²) in [7, 11) is 0. The molecule has 0 aromatic heterocycles. The first-order valence-electron chi connectivity index (χ1n) is 11.8. The predicted molar refractivity (Wildman–Crippen MR) is 122 cm³/mol. The molecule has 6 heteroatoms. The molecule has 0 spiro atoms. The Bertz CT molecular complexity index is 898. The van der Waals surface area contributed by atoms with Crippen LogP contribution in [0.2, 0.25) is 0 Å². The van der Waals surface area contributed by atoms with Crippen molar-refractivity contribution in [2.24, 2.45) is 5.92 Å². The Labute approximate surface area is 190 Å². The molecule has 0 bridgehead atoms. The van der Waals surface area contributed by atoms with E-state index in [1.54, 1.807) is 0 Å². The molecule has 3 aliphatic heterocycles. The van der Waals surface area contributed by atoms with Gasteiger partial charge in [-0.25, -0.2) is 4.79 Å². The minimum atomic E-state index is -0.155. The van der Waals surface area contributed by atoms with E-state index in [9.17, 15) is 4.79 Å². The van der Waals surface area contributed by atoms with Crippen LogP contribution in [0.15, 0.2) is 54.6 Å². The number of carbonyl (C=O) groups excluding carboxylic acids is 1. The third-order valence-corrected chi connectivity index (χ3v) is 6.90. The highest BCUT2D eigenvalue weighted by atomic mass is 16.6. The van der Waals surface area contributed by atoms with Gasteiger partial charge in [0.2, 0.25) is 0 Å². The van der Waals surface area contributed by atoms with Crippen LogP contribution in [0.1, 0.15) is 24.8 Å². The molecule has 2 atom stereocenters. The van der Waals surface area contributed by atoms with E-state index in [4.69, 9.17) is 14.2 Å². The van der Waals surface area contributed by atoms with Gasteiger partial charge < -0.3 is 19.1 Å². The highest BCUT2D eigenvalue weighted by Crippen LogP contribution is 2.31. The van der Waals surface area contributed by atoms with Crippen LogP contribution in [0.3, 0.4) is 0 Å². The minimum absolute atomic E-state index is 0.0829. The lowest BCUT2D eigenvalue weighted by atomic mass is 9.93. The van der Waals surface area contributed by atoms with Crippen LogP contribution in [-0.4, -0.2) is 67.4 Å². The number of hydrogen-bond donors (Lipinski definition) is 0. The number of rotatable bonds is 7. The smallest absolute Gasteiger partial charge is 0.410 e. The van der Waals surface area contributed by atoms with E-state index in [0.29, 0.717) is 19.1 Å². The van der Waals surface area contributed by atoms with Crippen molar-refractivity contribution in [3.8, 4) is 11.5 Å². The van der Waals surface area contributed by atoms with Crippen LogP contribution >= 0.6 is 0 Å². The highest BCUT2D eigenvalue weighted by Gasteiger charge is 2.33. The molecule has 3 aliphatic rings. The van der Waals surface area contributed by atoms with Crippen molar-refractivity contribution < 1.29 is 19.0 Å². The monoisotopic (exact) mass is 436 g/mol. The van der Waals surface area contributed by atoms with Gasteiger partial charge in [-0.1, -0.05) is 42.5 Å². The average Bonchev–Trinajstić information content (AvgIpc) is 3.18. The number of ether oxygens (including phenoxy) is 3. The van der Waals surface area contributed by atoms with Gasteiger partial charge in [0.1, 0.15) is 19.3 Å². The van der Waals surface area contributed by atoms with Crippen molar-refractivity contribution in [3.63, 3.8) is 0 Å². The van der Waals surface area contributed by atoms with Crippen molar-refractivity contribution in [1.29, 1.82) is 0 Å². The Kier molecular flexibility index (Phi) is 6.49. The lowest BCUT2D eigenvalue weighted by Crippen LogP contribution is -2.44. The van der Waals surface area contributed by atoms with E-state index in [2.05, 4.69) is 17.0 Å². The van der Waals surface area contributed by atoms with Gasteiger partial charge in [0.15, 0.2) is 11.5 Å². The first-order chi connectivity index (χ1) is 15.7. The molecule has 0 N–H and O–H groups in total. The summed E-state index contributed by atoms with van der Waals surface area (Å²) in [5.74, 6) is 2.34. The number of para-hydroxylation sites is 2. The number of cyclic esters (lactones) is 1. The topological polar surface area (TPSA) is 51.2 Å². The summed E-state index contributed by atoms with van der Waals surface area (Å²) >= 11 is 0. The van der Waals surface area contributed by atoms with Gasteiger partial charge in [-0.05, 0) is 62.4 Å². The number of piperidine rings is 1. The van der Waals surface area contributed by atoms with Crippen molar-refractivity contribution in [2.45, 2.75) is 37.8 Å². The van der Waals surface area contributed by atoms with Gasteiger partial charge in [0, 0.05) is 13.1 Å². The number of fused-ring (bicyclic) bond motifs is 1. The number of likely N-dealkylation sites (tertiary alicyclic amines) is 1. The number of nitrogens with zero attached hydrogens (tertiary/aromatic N) is 2. The Morgan fingerprint density at radius 1 is 0.875 bits per heavy atom. The normalized spacial score (nSPS) is 23.9. The maximum Gasteiger partial charge on any atom is 0.410 e. The second-order valence-corrected chi connectivity index (χ2v) is 9.14. The molecule has 2 aromatic rings. The first-order valence-corrected chi connectivity index (χ1v) is 11.8. The maximum atomic E-state index is 12.3. The standard InChI is InChI=1S/C26H32N2O4/c29-26-28(22(18-31-26)16-21-6-2-1-3-7-21)15-12-20-10-13-27(14-11-20)17-23-19-30-24-8-4-5-9-25(24)32-23/h1-9,20,22-23H,10-19H2/t22?,23-/m0/s1. The van der Waals surface area contributed by atoms with Gasteiger partial charge in [-0.15, -0.1) is 0 Å². The van der Waals surface area contributed by atoms with E-state index >= 15 is 0 Å². The molecule has 6 nitrogen and oxygen atoms in total. The summed E-state index contributed by atoms with van der Waals surface area (Å²) in [6, 6.07) is 18.4. The van der Waals surface area contributed by atoms with Crippen LogP contribution < -0.4 is 9.47 Å². The lowest BCUT2D eigenvalue weighted by molar-refractivity contribution is 0.0466. The zero-order valence-corrected chi connectivity index (χ0v) is 18.5. The molecule has 3 heterocycles. The third kappa shape index (κ3) is 5.01. The number of hydrogen-bond acceptors (Lipinski definition) is 5. The summed E-state index contributed by atoms with van der Waals surface area (Å²) < 4.78 is 17.4. The number of amides is 1. The van der Waals surface area contributed by atoms with Crippen LogP contribution in [0.5, 0.6) is 11.5 Å². The first kappa shape index (κ1) is 21.1. The SMILES string of the molecule is O=C1OCC(Cc2ccccc2)N1CCC1CCN(C[C@H]2COc3ccccc3O2)CC1. The van der Waals surface area contributed by atoms with E-state index < -0.39 is 0 Å². The molecule has 2 saturated heterocycles. The van der Waals surface area contributed by atoms with Crippen LogP contribution in [0.4, 0.5) is 4.79 Å².